The minimum Gasteiger partial charge on any atom is -0.300 e. The maximum Gasteiger partial charge on any atom is 0.227 e. The van der Waals surface area contributed by atoms with Gasteiger partial charge < -0.3 is 5.32 Å². The van der Waals surface area contributed by atoms with E-state index in [9.17, 15) is 4.79 Å². The maximum atomic E-state index is 12.0. The summed E-state index contributed by atoms with van der Waals surface area (Å²) in [6.45, 7) is 0. The van der Waals surface area contributed by atoms with E-state index < -0.39 is 0 Å². The smallest absolute Gasteiger partial charge is 0.227 e. The van der Waals surface area contributed by atoms with E-state index in [-0.39, 0.29) is 5.91 Å². The Bertz CT molecular complexity index is 775. The summed E-state index contributed by atoms with van der Waals surface area (Å²) in [5, 5.41) is 12.3. The third-order valence-corrected chi connectivity index (χ3v) is 5.20. The van der Waals surface area contributed by atoms with Gasteiger partial charge in [-0.15, -0.1) is 10.2 Å². The van der Waals surface area contributed by atoms with Crippen LogP contribution in [0.4, 0.5) is 5.13 Å². The van der Waals surface area contributed by atoms with Crippen molar-refractivity contribution in [2.75, 3.05) is 11.1 Å². The van der Waals surface area contributed by atoms with Gasteiger partial charge in [0.05, 0.1) is 0 Å². The minimum absolute atomic E-state index is 0.0219. The van der Waals surface area contributed by atoms with Crippen molar-refractivity contribution in [3.8, 4) is 10.6 Å². The molecule has 1 amide bonds. The Morgan fingerprint density at radius 1 is 1.00 bits per heavy atom. The van der Waals surface area contributed by atoms with E-state index in [1.807, 2.05) is 48.5 Å². The highest BCUT2D eigenvalue weighted by Gasteiger charge is 2.09. The van der Waals surface area contributed by atoms with E-state index in [1.54, 1.807) is 11.8 Å². The first-order chi connectivity index (χ1) is 11.8. The van der Waals surface area contributed by atoms with Crippen LogP contribution in [-0.2, 0) is 10.5 Å². The average Bonchev–Trinajstić information content (AvgIpc) is 3.09. The first-order valence-corrected chi connectivity index (χ1v) is 9.59. The van der Waals surface area contributed by atoms with E-state index >= 15 is 0 Å². The molecule has 4 nitrogen and oxygen atoms in total. The first-order valence-electron chi connectivity index (χ1n) is 7.62. The number of rotatable bonds is 7. The monoisotopic (exact) mass is 355 g/mol. The molecule has 3 rings (SSSR count). The summed E-state index contributed by atoms with van der Waals surface area (Å²) in [5.74, 6) is 1.68. The van der Waals surface area contributed by atoms with Crippen molar-refractivity contribution >= 4 is 34.1 Å². The molecule has 0 saturated heterocycles. The van der Waals surface area contributed by atoms with Crippen molar-refractivity contribution in [2.24, 2.45) is 0 Å². The van der Waals surface area contributed by atoms with E-state index in [4.69, 9.17) is 0 Å². The lowest BCUT2D eigenvalue weighted by Crippen LogP contribution is -2.12. The van der Waals surface area contributed by atoms with Crippen molar-refractivity contribution < 1.29 is 4.79 Å². The van der Waals surface area contributed by atoms with Crippen LogP contribution in [0.1, 0.15) is 12.0 Å². The van der Waals surface area contributed by atoms with Crippen LogP contribution >= 0.6 is 23.1 Å². The van der Waals surface area contributed by atoms with E-state index in [1.165, 1.54) is 16.9 Å². The molecule has 0 unspecified atom stereocenters. The minimum atomic E-state index is -0.0219. The molecule has 0 saturated carbocycles. The number of hydrogen-bond donors (Lipinski definition) is 1. The molecule has 0 aliphatic carbocycles. The van der Waals surface area contributed by atoms with Gasteiger partial charge in [0.15, 0.2) is 0 Å². The molecule has 24 heavy (non-hydrogen) atoms. The Morgan fingerprint density at radius 3 is 2.46 bits per heavy atom. The zero-order chi connectivity index (χ0) is 16.6. The topological polar surface area (TPSA) is 54.9 Å². The molecule has 3 aromatic rings. The normalized spacial score (nSPS) is 10.5. The van der Waals surface area contributed by atoms with Crippen molar-refractivity contribution in [3.63, 3.8) is 0 Å². The lowest BCUT2D eigenvalue weighted by Gasteiger charge is -2.02. The van der Waals surface area contributed by atoms with Crippen molar-refractivity contribution in [1.29, 1.82) is 0 Å². The van der Waals surface area contributed by atoms with E-state index in [0.717, 1.165) is 22.1 Å². The van der Waals surface area contributed by atoms with Gasteiger partial charge in [-0.1, -0.05) is 72.0 Å². The summed E-state index contributed by atoms with van der Waals surface area (Å²) in [6, 6.07) is 20.1. The summed E-state index contributed by atoms with van der Waals surface area (Å²) in [5.41, 5.74) is 2.29. The van der Waals surface area contributed by atoms with Crippen LogP contribution in [0.15, 0.2) is 60.7 Å². The molecule has 122 valence electrons. The number of amides is 1. The highest BCUT2D eigenvalue weighted by atomic mass is 32.2. The maximum absolute atomic E-state index is 12.0. The average molecular weight is 355 g/mol. The Kier molecular flexibility index (Phi) is 5.98. The van der Waals surface area contributed by atoms with Gasteiger partial charge in [0.25, 0.3) is 0 Å². The molecule has 1 heterocycles. The van der Waals surface area contributed by atoms with Crippen molar-refractivity contribution in [2.45, 2.75) is 12.2 Å². The molecule has 0 bridgehead atoms. The quantitative estimate of drug-likeness (QED) is 0.636. The molecular formula is C18H17N3OS2. The number of aromatic nitrogens is 2. The summed E-state index contributed by atoms with van der Waals surface area (Å²) in [7, 11) is 0. The Hall–Kier alpha value is -2.18. The number of benzene rings is 2. The predicted octanol–water partition coefficient (Wildman–Crippen LogP) is 4.47. The number of anilines is 1. The highest BCUT2D eigenvalue weighted by Crippen LogP contribution is 2.26. The predicted molar refractivity (Wildman–Crippen MR) is 101 cm³/mol. The molecule has 0 atom stereocenters. The van der Waals surface area contributed by atoms with Crippen LogP contribution in [0, 0.1) is 0 Å². The van der Waals surface area contributed by atoms with Gasteiger partial charge in [0, 0.05) is 23.5 Å². The number of carbonyl (C=O) groups is 1. The SMILES string of the molecule is O=C(CCSCc1ccccc1)Nc1nnc(-c2ccccc2)s1. The second-order valence-electron chi connectivity index (χ2n) is 5.11. The van der Waals surface area contributed by atoms with Crippen LogP contribution < -0.4 is 5.32 Å². The lowest BCUT2D eigenvalue weighted by atomic mass is 10.2. The molecule has 0 radical (unpaired) electrons. The highest BCUT2D eigenvalue weighted by molar-refractivity contribution is 7.98. The Labute approximate surface area is 149 Å². The number of thioether (sulfide) groups is 1. The third kappa shape index (κ3) is 4.91. The molecule has 0 fully saturated rings. The summed E-state index contributed by atoms with van der Waals surface area (Å²) in [6.07, 6.45) is 0.470. The van der Waals surface area contributed by atoms with Gasteiger partial charge >= 0.3 is 0 Å². The van der Waals surface area contributed by atoms with E-state index in [2.05, 4.69) is 27.6 Å². The molecule has 6 heteroatoms. The molecule has 2 aromatic carbocycles. The van der Waals surface area contributed by atoms with Crippen LogP contribution in [0.25, 0.3) is 10.6 Å². The van der Waals surface area contributed by atoms with Gasteiger partial charge in [-0.2, -0.15) is 11.8 Å². The summed E-state index contributed by atoms with van der Waals surface area (Å²) >= 11 is 3.14. The Morgan fingerprint density at radius 2 is 1.71 bits per heavy atom. The fraction of sp³-hybridized carbons (Fsp3) is 0.167. The zero-order valence-electron chi connectivity index (χ0n) is 13.0. The number of nitrogens with zero attached hydrogens (tertiary/aromatic N) is 2. The number of carbonyl (C=O) groups excluding carboxylic acids is 1. The zero-order valence-corrected chi connectivity index (χ0v) is 14.6. The van der Waals surface area contributed by atoms with Crippen LogP contribution in [-0.4, -0.2) is 21.9 Å². The van der Waals surface area contributed by atoms with Crippen LogP contribution in [0.5, 0.6) is 0 Å². The van der Waals surface area contributed by atoms with Gasteiger partial charge in [-0.3, -0.25) is 4.79 Å². The fourth-order valence-electron chi connectivity index (χ4n) is 2.08. The lowest BCUT2D eigenvalue weighted by molar-refractivity contribution is -0.115. The van der Waals surface area contributed by atoms with Gasteiger partial charge in [-0.05, 0) is 5.56 Å². The molecule has 1 N–H and O–H groups in total. The third-order valence-electron chi connectivity index (χ3n) is 3.28. The van der Waals surface area contributed by atoms with Gasteiger partial charge in [0.2, 0.25) is 11.0 Å². The Balaban J connectivity index is 1.43. The first kappa shape index (κ1) is 16.7. The number of nitrogens with one attached hydrogen (secondary N) is 1. The molecule has 0 aliphatic rings. The fourth-order valence-corrected chi connectivity index (χ4v) is 3.75. The van der Waals surface area contributed by atoms with Gasteiger partial charge in [-0.25, -0.2) is 0 Å². The van der Waals surface area contributed by atoms with Gasteiger partial charge in [0.1, 0.15) is 5.01 Å². The second kappa shape index (κ2) is 8.61. The standard InChI is InChI=1S/C18H17N3OS2/c22-16(11-12-23-13-14-7-3-1-4-8-14)19-18-21-20-17(24-18)15-9-5-2-6-10-15/h1-10H,11-13H2,(H,19,21,22). The second-order valence-corrected chi connectivity index (χ2v) is 7.20. The summed E-state index contributed by atoms with van der Waals surface area (Å²) < 4.78 is 0. The molecule has 0 aliphatic heterocycles. The largest absolute Gasteiger partial charge is 0.300 e. The molecule has 0 spiro atoms. The van der Waals surface area contributed by atoms with Crippen LogP contribution in [0.3, 0.4) is 0 Å². The van der Waals surface area contributed by atoms with Crippen molar-refractivity contribution in [3.05, 3.63) is 66.2 Å². The molecular weight excluding hydrogens is 338 g/mol. The van der Waals surface area contributed by atoms with Crippen molar-refractivity contribution in [1.82, 2.24) is 10.2 Å². The van der Waals surface area contributed by atoms with E-state index in [0.29, 0.717) is 11.6 Å². The summed E-state index contributed by atoms with van der Waals surface area (Å²) in [4.78, 5) is 12.0. The number of hydrogen-bond acceptors (Lipinski definition) is 5. The molecule has 1 aromatic heterocycles. The van der Waals surface area contributed by atoms with Crippen LogP contribution in [0.2, 0.25) is 0 Å².